The number of imidazole rings is 1. The third-order valence-electron chi connectivity index (χ3n) is 1.63. The molecule has 0 aliphatic carbocycles. The normalized spacial score (nSPS) is 13.0. The van der Waals surface area contributed by atoms with Crippen LogP contribution in [0.3, 0.4) is 0 Å². The van der Waals surface area contributed by atoms with Crippen molar-refractivity contribution < 1.29 is 0 Å². The molecule has 2 heterocycles. The summed E-state index contributed by atoms with van der Waals surface area (Å²) in [7, 11) is 0. The number of aliphatic imine (C=N–C) groups is 1. The second kappa shape index (κ2) is 5.13. The lowest BCUT2D eigenvalue weighted by atomic mass is 10.7. The van der Waals surface area contributed by atoms with Crippen LogP contribution in [0.2, 0.25) is 0 Å². The summed E-state index contributed by atoms with van der Waals surface area (Å²) in [5.41, 5.74) is 0. The van der Waals surface area contributed by atoms with E-state index in [2.05, 4.69) is 21.9 Å². The Bertz CT molecular complexity index is 282. The van der Waals surface area contributed by atoms with Crippen LogP contribution in [0.1, 0.15) is 5.82 Å². The van der Waals surface area contributed by atoms with Gasteiger partial charge in [0.15, 0.2) is 0 Å². The van der Waals surface area contributed by atoms with Gasteiger partial charge in [-0.15, -0.1) is 0 Å². The Morgan fingerprint density at radius 1 is 1.69 bits per heavy atom. The zero-order valence-corrected chi connectivity index (χ0v) is 7.77. The van der Waals surface area contributed by atoms with Crippen LogP contribution in [0.5, 0.6) is 0 Å². The molecule has 1 N–H and O–H groups in total. The summed E-state index contributed by atoms with van der Waals surface area (Å²) in [6, 6.07) is 0. The van der Waals surface area contributed by atoms with E-state index in [4.69, 9.17) is 0 Å². The van der Waals surface area contributed by atoms with E-state index in [9.17, 15) is 0 Å². The Kier molecular flexibility index (Phi) is 3.75. The van der Waals surface area contributed by atoms with Crippen molar-refractivity contribution in [2.75, 3.05) is 13.1 Å². The highest BCUT2D eigenvalue weighted by Crippen LogP contribution is 1.92. The number of aryl methyl sites for hydroxylation is 1. The molecular weight excluding hydrogens is 164 g/mol. The molecule has 1 aromatic heterocycles. The van der Waals surface area contributed by atoms with Crippen molar-refractivity contribution in [3.8, 4) is 0 Å². The second-order valence-corrected chi connectivity index (χ2v) is 2.55. The summed E-state index contributed by atoms with van der Waals surface area (Å²) < 4.78 is 1.86. The summed E-state index contributed by atoms with van der Waals surface area (Å²) in [5, 5.41) is 2.93. The van der Waals surface area contributed by atoms with Gasteiger partial charge in [-0.1, -0.05) is 6.58 Å². The van der Waals surface area contributed by atoms with Crippen LogP contribution in [0.25, 0.3) is 6.20 Å². The smallest absolute Gasteiger partial charge is 0.109 e. The highest BCUT2D eigenvalue weighted by atomic mass is 15.0. The summed E-state index contributed by atoms with van der Waals surface area (Å²) in [4.78, 5) is 7.83. The Morgan fingerprint density at radius 2 is 2.54 bits per heavy atom. The molecular formula is C9H14N4. The van der Waals surface area contributed by atoms with Gasteiger partial charge in [-0.05, 0) is 6.92 Å². The fraction of sp³-hybridized carbons (Fsp3) is 0.333. The van der Waals surface area contributed by atoms with Gasteiger partial charge < -0.3 is 9.88 Å². The highest BCUT2D eigenvalue weighted by molar-refractivity contribution is 5.56. The van der Waals surface area contributed by atoms with Crippen LogP contribution in [0.4, 0.5) is 0 Å². The highest BCUT2D eigenvalue weighted by Gasteiger charge is 1.86. The van der Waals surface area contributed by atoms with Gasteiger partial charge in [0, 0.05) is 25.1 Å². The number of nitrogens with zero attached hydrogens (tertiary/aromatic N) is 3. The first-order valence-electron chi connectivity index (χ1n) is 4.18. The fourth-order valence-electron chi connectivity index (χ4n) is 0.903. The SMILES string of the molecule is C1=NCCN1.C=Cn1ccnc1C. The predicted molar refractivity (Wildman–Crippen MR) is 54.7 cm³/mol. The molecule has 0 bridgehead atoms. The molecule has 0 atom stereocenters. The van der Waals surface area contributed by atoms with E-state index >= 15 is 0 Å². The van der Waals surface area contributed by atoms with Gasteiger partial charge in [-0.2, -0.15) is 0 Å². The first-order valence-corrected chi connectivity index (χ1v) is 4.18. The third-order valence-corrected chi connectivity index (χ3v) is 1.63. The van der Waals surface area contributed by atoms with Gasteiger partial charge >= 0.3 is 0 Å². The standard InChI is InChI=1S/C6H8N2.C3H6N2/c1-3-8-5-4-7-6(8)2;1-2-5-3-4-1/h3-5H,1H2,2H3;3H,1-2H2,(H,4,5). The van der Waals surface area contributed by atoms with Crippen LogP contribution >= 0.6 is 0 Å². The van der Waals surface area contributed by atoms with Crippen LogP contribution in [0, 0.1) is 6.92 Å². The van der Waals surface area contributed by atoms with Gasteiger partial charge in [-0.25, -0.2) is 4.98 Å². The van der Waals surface area contributed by atoms with E-state index in [1.807, 2.05) is 17.7 Å². The maximum atomic E-state index is 3.98. The molecule has 0 spiro atoms. The largest absolute Gasteiger partial charge is 0.375 e. The number of hydrogen-bond donors (Lipinski definition) is 1. The first kappa shape index (κ1) is 9.51. The lowest BCUT2D eigenvalue weighted by Gasteiger charge is -1.90. The van der Waals surface area contributed by atoms with Crippen molar-refractivity contribution in [2.24, 2.45) is 4.99 Å². The molecule has 70 valence electrons. The molecule has 1 aliphatic rings. The fourth-order valence-corrected chi connectivity index (χ4v) is 0.903. The van der Waals surface area contributed by atoms with Gasteiger partial charge in [-0.3, -0.25) is 4.99 Å². The molecule has 1 aromatic rings. The number of hydrogen-bond acceptors (Lipinski definition) is 3. The second-order valence-electron chi connectivity index (χ2n) is 2.55. The van der Waals surface area contributed by atoms with Crippen molar-refractivity contribution in [3.05, 3.63) is 24.8 Å². The zero-order valence-electron chi connectivity index (χ0n) is 7.77. The molecule has 0 amide bonds. The average Bonchev–Trinajstić information content (AvgIpc) is 2.76. The minimum absolute atomic E-state index is 0.958. The maximum Gasteiger partial charge on any atom is 0.109 e. The van der Waals surface area contributed by atoms with E-state index in [0.717, 1.165) is 18.9 Å². The molecule has 0 unspecified atom stereocenters. The summed E-state index contributed by atoms with van der Waals surface area (Å²) in [6.07, 6.45) is 7.07. The number of rotatable bonds is 1. The number of aromatic nitrogens is 2. The van der Waals surface area contributed by atoms with E-state index in [1.54, 1.807) is 18.7 Å². The number of nitrogens with one attached hydrogen (secondary N) is 1. The minimum atomic E-state index is 0.958. The Morgan fingerprint density at radius 3 is 2.77 bits per heavy atom. The molecule has 0 aromatic carbocycles. The Hall–Kier alpha value is -1.58. The quantitative estimate of drug-likeness (QED) is 0.694. The molecule has 0 fully saturated rings. The summed E-state index contributed by atoms with van der Waals surface area (Å²) in [5.74, 6) is 0.972. The lowest BCUT2D eigenvalue weighted by Crippen LogP contribution is -2.04. The molecule has 4 heteroatoms. The molecule has 13 heavy (non-hydrogen) atoms. The van der Waals surface area contributed by atoms with Gasteiger partial charge in [0.1, 0.15) is 5.82 Å². The first-order chi connectivity index (χ1) is 6.34. The lowest BCUT2D eigenvalue weighted by molar-refractivity contribution is 0.965. The Balaban J connectivity index is 0.000000145. The molecule has 0 saturated carbocycles. The van der Waals surface area contributed by atoms with Crippen LogP contribution < -0.4 is 5.32 Å². The van der Waals surface area contributed by atoms with Crippen molar-refractivity contribution in [2.45, 2.75) is 6.92 Å². The van der Waals surface area contributed by atoms with Gasteiger partial charge in [0.25, 0.3) is 0 Å². The van der Waals surface area contributed by atoms with Crippen molar-refractivity contribution >= 4 is 12.5 Å². The third kappa shape index (κ3) is 3.11. The van der Waals surface area contributed by atoms with Gasteiger partial charge in [0.2, 0.25) is 0 Å². The summed E-state index contributed by atoms with van der Waals surface area (Å²) >= 11 is 0. The van der Waals surface area contributed by atoms with E-state index in [1.165, 1.54) is 0 Å². The van der Waals surface area contributed by atoms with Crippen molar-refractivity contribution in [1.29, 1.82) is 0 Å². The minimum Gasteiger partial charge on any atom is -0.375 e. The van der Waals surface area contributed by atoms with E-state index in [0.29, 0.717) is 0 Å². The summed E-state index contributed by atoms with van der Waals surface area (Å²) in [6.45, 7) is 7.51. The van der Waals surface area contributed by atoms with E-state index < -0.39 is 0 Å². The topological polar surface area (TPSA) is 42.2 Å². The predicted octanol–water partition coefficient (Wildman–Crippen LogP) is 0.910. The van der Waals surface area contributed by atoms with Crippen molar-refractivity contribution in [3.63, 3.8) is 0 Å². The molecule has 0 saturated heterocycles. The van der Waals surface area contributed by atoms with Crippen LogP contribution in [0.15, 0.2) is 24.0 Å². The molecule has 2 rings (SSSR count). The average molecular weight is 178 g/mol. The molecule has 4 nitrogen and oxygen atoms in total. The monoisotopic (exact) mass is 178 g/mol. The van der Waals surface area contributed by atoms with E-state index in [-0.39, 0.29) is 0 Å². The molecule has 1 aliphatic heterocycles. The maximum absolute atomic E-state index is 3.98. The van der Waals surface area contributed by atoms with Crippen LogP contribution in [-0.2, 0) is 0 Å². The van der Waals surface area contributed by atoms with Crippen LogP contribution in [-0.4, -0.2) is 29.0 Å². The zero-order chi connectivity index (χ0) is 9.52. The van der Waals surface area contributed by atoms with Gasteiger partial charge in [0.05, 0.1) is 12.9 Å². The van der Waals surface area contributed by atoms with Crippen molar-refractivity contribution in [1.82, 2.24) is 14.9 Å². The Labute approximate surface area is 78.0 Å². The molecule has 0 radical (unpaired) electrons.